The van der Waals surface area contributed by atoms with Crippen LogP contribution in [0.3, 0.4) is 0 Å². The molecule has 0 aromatic heterocycles. The summed E-state index contributed by atoms with van der Waals surface area (Å²) >= 11 is 0. The average Bonchev–Trinajstić information content (AvgIpc) is 2.34. The van der Waals surface area contributed by atoms with Crippen LogP contribution in [0.25, 0.3) is 0 Å². The summed E-state index contributed by atoms with van der Waals surface area (Å²) in [4.78, 5) is 0. The van der Waals surface area contributed by atoms with Crippen molar-refractivity contribution >= 4 is 0 Å². The lowest BCUT2D eigenvalue weighted by atomic mass is 9.98. The third-order valence-corrected chi connectivity index (χ3v) is 3.14. The minimum absolute atomic E-state index is 0.565. The van der Waals surface area contributed by atoms with Gasteiger partial charge in [-0.25, -0.2) is 0 Å². The highest BCUT2D eigenvalue weighted by Crippen LogP contribution is 2.20. The fourth-order valence-corrected chi connectivity index (χ4v) is 2.13. The largest absolute Gasteiger partial charge is 0.383 e. The van der Waals surface area contributed by atoms with E-state index in [9.17, 15) is 0 Å². The molecule has 0 saturated heterocycles. The molecule has 1 fully saturated rings. The van der Waals surface area contributed by atoms with E-state index in [1.165, 1.54) is 44.9 Å². The summed E-state index contributed by atoms with van der Waals surface area (Å²) in [6.07, 6.45) is 9.65. The van der Waals surface area contributed by atoms with Gasteiger partial charge in [0.1, 0.15) is 0 Å². The van der Waals surface area contributed by atoms with Crippen LogP contribution in [0.5, 0.6) is 0 Å². The molecule has 1 aliphatic carbocycles. The molecule has 0 aromatic rings. The van der Waals surface area contributed by atoms with E-state index in [-0.39, 0.29) is 0 Å². The predicted molar refractivity (Wildman–Crippen MR) is 66.8 cm³/mol. The lowest BCUT2D eigenvalue weighted by Crippen LogP contribution is -2.21. The van der Waals surface area contributed by atoms with Gasteiger partial charge >= 0.3 is 0 Å². The van der Waals surface area contributed by atoms with Crippen LogP contribution >= 0.6 is 0 Å². The van der Waals surface area contributed by atoms with Crippen molar-refractivity contribution in [2.24, 2.45) is 0 Å². The second kappa shape index (κ2) is 10.1. The third kappa shape index (κ3) is 7.20. The molecule has 1 aliphatic rings. The van der Waals surface area contributed by atoms with E-state index >= 15 is 0 Å². The first-order chi connectivity index (χ1) is 7.93. The van der Waals surface area contributed by atoms with Crippen LogP contribution in [0.2, 0.25) is 0 Å². The molecule has 0 unspecified atom stereocenters. The Bertz CT molecular complexity index is 147. The number of rotatable bonds is 9. The molecule has 0 aliphatic heterocycles. The molecule has 3 nitrogen and oxygen atoms in total. The Hall–Kier alpha value is -0.120. The van der Waals surface area contributed by atoms with E-state index in [4.69, 9.17) is 9.47 Å². The van der Waals surface area contributed by atoms with Gasteiger partial charge in [0.2, 0.25) is 0 Å². The molecule has 1 rings (SSSR count). The van der Waals surface area contributed by atoms with Crippen LogP contribution in [-0.2, 0) is 9.47 Å². The van der Waals surface area contributed by atoms with Crippen LogP contribution < -0.4 is 5.32 Å². The van der Waals surface area contributed by atoms with E-state index in [1.54, 1.807) is 7.11 Å². The highest BCUT2D eigenvalue weighted by molar-refractivity contribution is 4.64. The SMILES string of the molecule is COCCNCCCCOC1CCCCC1. The summed E-state index contributed by atoms with van der Waals surface area (Å²) in [6, 6.07) is 0. The molecule has 3 heteroatoms. The number of ether oxygens (including phenoxy) is 2. The summed E-state index contributed by atoms with van der Waals surface area (Å²) < 4.78 is 10.8. The monoisotopic (exact) mass is 229 g/mol. The predicted octanol–water partition coefficient (Wildman–Crippen LogP) is 2.35. The molecular weight excluding hydrogens is 202 g/mol. The van der Waals surface area contributed by atoms with Gasteiger partial charge in [0, 0.05) is 20.3 Å². The van der Waals surface area contributed by atoms with Gasteiger partial charge in [-0.15, -0.1) is 0 Å². The van der Waals surface area contributed by atoms with Crippen molar-refractivity contribution in [1.29, 1.82) is 0 Å². The van der Waals surface area contributed by atoms with Gasteiger partial charge in [-0.2, -0.15) is 0 Å². The fourth-order valence-electron chi connectivity index (χ4n) is 2.13. The molecule has 1 saturated carbocycles. The van der Waals surface area contributed by atoms with Crippen LogP contribution in [-0.4, -0.2) is 39.5 Å². The van der Waals surface area contributed by atoms with E-state index in [0.29, 0.717) is 6.10 Å². The first-order valence-electron chi connectivity index (χ1n) is 6.74. The van der Waals surface area contributed by atoms with Crippen LogP contribution in [0, 0.1) is 0 Å². The van der Waals surface area contributed by atoms with Gasteiger partial charge in [-0.1, -0.05) is 19.3 Å². The van der Waals surface area contributed by atoms with Crippen LogP contribution in [0.4, 0.5) is 0 Å². The van der Waals surface area contributed by atoms with Gasteiger partial charge in [-0.3, -0.25) is 0 Å². The summed E-state index contributed by atoms with van der Waals surface area (Å²) in [7, 11) is 1.74. The van der Waals surface area contributed by atoms with E-state index < -0.39 is 0 Å². The molecular formula is C13H27NO2. The second-order valence-corrected chi connectivity index (χ2v) is 4.58. The minimum atomic E-state index is 0.565. The summed E-state index contributed by atoms with van der Waals surface area (Å²) in [5, 5.41) is 3.34. The quantitative estimate of drug-likeness (QED) is 0.616. The third-order valence-electron chi connectivity index (χ3n) is 3.14. The van der Waals surface area contributed by atoms with E-state index in [0.717, 1.165) is 26.3 Å². The maximum Gasteiger partial charge on any atom is 0.0587 e. The van der Waals surface area contributed by atoms with Gasteiger partial charge < -0.3 is 14.8 Å². The molecule has 1 N–H and O–H groups in total. The molecule has 0 spiro atoms. The Kier molecular flexibility index (Phi) is 8.77. The fraction of sp³-hybridized carbons (Fsp3) is 1.00. The Labute approximate surface area is 99.9 Å². The Morgan fingerprint density at radius 1 is 1.00 bits per heavy atom. The molecule has 0 radical (unpaired) electrons. The lowest BCUT2D eigenvalue weighted by Gasteiger charge is -2.21. The normalized spacial score (nSPS) is 17.8. The van der Waals surface area contributed by atoms with Crippen molar-refractivity contribution in [3.63, 3.8) is 0 Å². The number of hydrogen-bond acceptors (Lipinski definition) is 3. The molecule has 0 aromatic carbocycles. The second-order valence-electron chi connectivity index (χ2n) is 4.58. The molecule has 0 atom stereocenters. The number of nitrogens with one attached hydrogen (secondary N) is 1. The molecule has 0 bridgehead atoms. The first kappa shape index (κ1) is 13.9. The maximum absolute atomic E-state index is 5.86. The highest BCUT2D eigenvalue weighted by Gasteiger charge is 2.12. The van der Waals surface area contributed by atoms with Gasteiger partial charge in [0.05, 0.1) is 12.7 Å². The zero-order chi connectivity index (χ0) is 11.5. The lowest BCUT2D eigenvalue weighted by molar-refractivity contribution is 0.0265. The van der Waals surface area contributed by atoms with Crippen molar-refractivity contribution < 1.29 is 9.47 Å². The maximum atomic E-state index is 5.86. The zero-order valence-electron chi connectivity index (χ0n) is 10.7. The van der Waals surface area contributed by atoms with Crippen molar-refractivity contribution in [3.8, 4) is 0 Å². The van der Waals surface area contributed by atoms with Crippen LogP contribution in [0.1, 0.15) is 44.9 Å². The summed E-state index contributed by atoms with van der Waals surface area (Å²) in [6.45, 7) is 3.78. The summed E-state index contributed by atoms with van der Waals surface area (Å²) in [5.74, 6) is 0. The van der Waals surface area contributed by atoms with Crippen molar-refractivity contribution in [3.05, 3.63) is 0 Å². The standard InChI is InChI=1S/C13H27NO2/c1-15-12-10-14-9-5-6-11-16-13-7-3-2-4-8-13/h13-14H,2-12H2,1H3. The van der Waals surface area contributed by atoms with Gasteiger partial charge in [0.15, 0.2) is 0 Å². The number of methoxy groups -OCH3 is 1. The molecule has 0 heterocycles. The van der Waals surface area contributed by atoms with Crippen molar-refractivity contribution in [2.45, 2.75) is 51.0 Å². The zero-order valence-corrected chi connectivity index (χ0v) is 10.7. The highest BCUT2D eigenvalue weighted by atomic mass is 16.5. The van der Waals surface area contributed by atoms with Crippen molar-refractivity contribution in [1.82, 2.24) is 5.32 Å². The molecule has 16 heavy (non-hydrogen) atoms. The number of hydrogen-bond donors (Lipinski definition) is 1. The first-order valence-corrected chi connectivity index (χ1v) is 6.74. The van der Waals surface area contributed by atoms with Gasteiger partial charge in [-0.05, 0) is 32.2 Å². The topological polar surface area (TPSA) is 30.5 Å². The smallest absolute Gasteiger partial charge is 0.0587 e. The average molecular weight is 229 g/mol. The van der Waals surface area contributed by atoms with Crippen molar-refractivity contribution in [2.75, 3.05) is 33.4 Å². The van der Waals surface area contributed by atoms with E-state index in [1.807, 2.05) is 0 Å². The summed E-state index contributed by atoms with van der Waals surface area (Å²) in [5.41, 5.74) is 0. The molecule has 0 amide bonds. The molecule has 96 valence electrons. The Morgan fingerprint density at radius 3 is 2.56 bits per heavy atom. The van der Waals surface area contributed by atoms with Crippen LogP contribution in [0.15, 0.2) is 0 Å². The van der Waals surface area contributed by atoms with E-state index in [2.05, 4.69) is 5.32 Å². The minimum Gasteiger partial charge on any atom is -0.383 e. The number of unbranched alkanes of at least 4 members (excludes halogenated alkanes) is 1. The van der Waals surface area contributed by atoms with Gasteiger partial charge in [0.25, 0.3) is 0 Å². The Balaban J connectivity index is 1.77. The Morgan fingerprint density at radius 2 is 1.81 bits per heavy atom.